The van der Waals surface area contributed by atoms with Gasteiger partial charge in [0.25, 0.3) is 0 Å². The van der Waals surface area contributed by atoms with Crippen molar-refractivity contribution in [3.63, 3.8) is 0 Å². The van der Waals surface area contributed by atoms with Crippen molar-refractivity contribution < 1.29 is 14.3 Å². The van der Waals surface area contributed by atoms with Gasteiger partial charge in [-0.05, 0) is 63.2 Å². The summed E-state index contributed by atoms with van der Waals surface area (Å²) >= 11 is 0. The van der Waals surface area contributed by atoms with Crippen molar-refractivity contribution in [2.75, 3.05) is 6.61 Å². The number of ether oxygens (including phenoxy) is 1. The van der Waals surface area contributed by atoms with E-state index in [9.17, 15) is 5.11 Å². The molecule has 0 amide bonds. The lowest BCUT2D eigenvalue weighted by Crippen LogP contribution is -2.49. The maximum absolute atomic E-state index is 11.2. The predicted octanol–water partition coefficient (Wildman–Crippen LogP) is 7.04. The summed E-state index contributed by atoms with van der Waals surface area (Å²) in [7, 11) is -1.80. The molecule has 30 heavy (non-hydrogen) atoms. The van der Waals surface area contributed by atoms with Crippen LogP contribution in [0.3, 0.4) is 0 Å². The van der Waals surface area contributed by atoms with E-state index in [0.29, 0.717) is 19.6 Å². The van der Waals surface area contributed by atoms with Crippen LogP contribution in [0.5, 0.6) is 0 Å². The van der Waals surface area contributed by atoms with Crippen LogP contribution in [0.1, 0.15) is 65.9 Å². The second-order valence-electron chi connectivity index (χ2n) is 8.62. The van der Waals surface area contributed by atoms with Gasteiger partial charge in [-0.3, -0.25) is 0 Å². The van der Waals surface area contributed by atoms with Crippen LogP contribution in [-0.4, -0.2) is 31.7 Å². The molecule has 2 atom stereocenters. The molecule has 0 saturated carbocycles. The van der Waals surface area contributed by atoms with Crippen molar-refractivity contribution in [1.82, 2.24) is 0 Å². The van der Waals surface area contributed by atoms with E-state index in [4.69, 9.17) is 9.16 Å². The third-order valence-electron chi connectivity index (χ3n) is 6.34. The van der Waals surface area contributed by atoms with Crippen LogP contribution < -0.4 is 0 Å². The van der Waals surface area contributed by atoms with E-state index in [1.807, 2.05) is 31.2 Å². The number of hydrogen-bond donors (Lipinski definition) is 1. The van der Waals surface area contributed by atoms with E-state index in [-0.39, 0.29) is 6.10 Å². The van der Waals surface area contributed by atoms with Crippen molar-refractivity contribution >= 4 is 8.32 Å². The van der Waals surface area contributed by atoms with E-state index in [0.717, 1.165) is 37.4 Å². The topological polar surface area (TPSA) is 38.7 Å². The minimum absolute atomic E-state index is 0.141. The van der Waals surface area contributed by atoms with Crippen molar-refractivity contribution in [3.05, 3.63) is 60.2 Å². The molecular formula is C26H44O3Si. The molecule has 1 aromatic carbocycles. The maximum atomic E-state index is 11.2. The van der Waals surface area contributed by atoms with Crippen LogP contribution >= 0.6 is 0 Å². The molecule has 0 spiro atoms. The van der Waals surface area contributed by atoms with Gasteiger partial charge < -0.3 is 14.3 Å². The minimum Gasteiger partial charge on any atom is -0.411 e. The molecule has 0 unspecified atom stereocenters. The highest BCUT2D eigenvalue weighted by molar-refractivity contribution is 6.73. The molecule has 0 aliphatic carbocycles. The Hall–Kier alpha value is -1.20. The monoisotopic (exact) mass is 432 g/mol. The van der Waals surface area contributed by atoms with Crippen molar-refractivity contribution in [3.8, 4) is 0 Å². The van der Waals surface area contributed by atoms with Gasteiger partial charge in [-0.1, -0.05) is 68.8 Å². The zero-order valence-corrected chi connectivity index (χ0v) is 21.0. The maximum Gasteiger partial charge on any atom is 0.192 e. The molecule has 0 aliphatic heterocycles. The molecule has 0 saturated heterocycles. The van der Waals surface area contributed by atoms with Gasteiger partial charge in [0.2, 0.25) is 0 Å². The van der Waals surface area contributed by atoms with Crippen LogP contribution in [0, 0.1) is 0 Å². The van der Waals surface area contributed by atoms with Crippen molar-refractivity contribution in [1.29, 1.82) is 0 Å². The quantitative estimate of drug-likeness (QED) is 0.173. The normalized spacial score (nSPS) is 15.6. The average molecular weight is 433 g/mol. The lowest BCUT2D eigenvalue weighted by molar-refractivity contribution is -0.0613. The van der Waals surface area contributed by atoms with E-state index in [1.165, 1.54) is 11.1 Å². The van der Waals surface area contributed by atoms with E-state index in [2.05, 4.69) is 52.5 Å². The number of benzene rings is 1. The van der Waals surface area contributed by atoms with Crippen LogP contribution in [0.4, 0.5) is 0 Å². The molecule has 0 fully saturated rings. The minimum atomic E-state index is -1.80. The summed E-state index contributed by atoms with van der Waals surface area (Å²) in [6.45, 7) is 15.9. The highest BCUT2D eigenvalue weighted by Crippen LogP contribution is 2.32. The zero-order chi connectivity index (χ0) is 22.5. The molecule has 1 rings (SSSR count). The summed E-state index contributed by atoms with van der Waals surface area (Å²) in [5.41, 5.74) is 1.64. The van der Waals surface area contributed by atoms with E-state index < -0.39 is 13.9 Å². The molecular weight excluding hydrogens is 388 g/mol. The summed E-state index contributed by atoms with van der Waals surface area (Å²) < 4.78 is 12.6. The molecule has 1 N–H and O–H groups in total. The van der Waals surface area contributed by atoms with Gasteiger partial charge in [0, 0.05) is 0 Å². The number of aliphatic hydroxyl groups is 1. The molecule has 170 valence electrons. The Morgan fingerprint density at radius 3 is 2.37 bits per heavy atom. The summed E-state index contributed by atoms with van der Waals surface area (Å²) in [5.74, 6) is 0. The van der Waals surface area contributed by atoms with Gasteiger partial charge in [-0.15, -0.1) is 6.58 Å². The highest BCUT2D eigenvalue weighted by Gasteiger charge is 2.39. The SMILES string of the molecule is C=CCC[C@](C)(O)[C@@H](CC/C(C)=C/COCc1ccccc1)O[Si](CC)(CC)CC. The molecule has 0 aliphatic rings. The fourth-order valence-electron chi connectivity index (χ4n) is 3.77. The van der Waals surface area contributed by atoms with Gasteiger partial charge in [0.1, 0.15) is 0 Å². The van der Waals surface area contributed by atoms with E-state index in [1.54, 1.807) is 0 Å². The van der Waals surface area contributed by atoms with Gasteiger partial charge in [-0.2, -0.15) is 0 Å². The zero-order valence-electron chi connectivity index (χ0n) is 20.0. The van der Waals surface area contributed by atoms with Crippen molar-refractivity contribution in [2.45, 2.75) is 96.7 Å². The van der Waals surface area contributed by atoms with E-state index >= 15 is 0 Å². The third kappa shape index (κ3) is 9.30. The van der Waals surface area contributed by atoms with Crippen LogP contribution in [0.25, 0.3) is 0 Å². The van der Waals surface area contributed by atoms with Crippen LogP contribution in [0.15, 0.2) is 54.6 Å². The Labute approximate surface area is 186 Å². The van der Waals surface area contributed by atoms with Gasteiger partial charge in [0.15, 0.2) is 8.32 Å². The lowest BCUT2D eigenvalue weighted by atomic mass is 9.89. The fourth-order valence-corrected chi connectivity index (χ4v) is 6.74. The number of allylic oxidation sites excluding steroid dienone is 2. The Balaban J connectivity index is 2.69. The molecule has 1 aromatic rings. The first kappa shape index (κ1) is 26.8. The number of hydrogen-bond acceptors (Lipinski definition) is 3. The molecule has 3 nitrogen and oxygen atoms in total. The van der Waals surface area contributed by atoms with Crippen LogP contribution in [-0.2, 0) is 15.8 Å². The smallest absolute Gasteiger partial charge is 0.192 e. The summed E-state index contributed by atoms with van der Waals surface area (Å²) in [6, 6.07) is 13.5. The third-order valence-corrected chi connectivity index (χ3v) is 11.0. The summed E-state index contributed by atoms with van der Waals surface area (Å²) in [4.78, 5) is 0. The fraction of sp³-hybridized carbons (Fsp3) is 0.615. The molecule has 4 heteroatoms. The van der Waals surface area contributed by atoms with Crippen molar-refractivity contribution in [2.24, 2.45) is 0 Å². The Morgan fingerprint density at radius 2 is 1.80 bits per heavy atom. The van der Waals surface area contributed by atoms with Gasteiger partial charge >= 0.3 is 0 Å². The van der Waals surface area contributed by atoms with Crippen LogP contribution in [0.2, 0.25) is 18.1 Å². The Kier molecular flexibility index (Phi) is 12.5. The summed E-state index contributed by atoms with van der Waals surface area (Å²) in [6.07, 6.45) is 7.12. The average Bonchev–Trinajstić information content (AvgIpc) is 2.76. The lowest BCUT2D eigenvalue weighted by Gasteiger charge is -2.40. The second kappa shape index (κ2) is 14.0. The number of rotatable bonds is 16. The Morgan fingerprint density at radius 1 is 1.17 bits per heavy atom. The van der Waals surface area contributed by atoms with Gasteiger partial charge in [-0.25, -0.2) is 0 Å². The summed E-state index contributed by atoms with van der Waals surface area (Å²) in [5, 5.41) is 11.2. The predicted molar refractivity (Wildman–Crippen MR) is 131 cm³/mol. The molecule has 0 aromatic heterocycles. The molecule has 0 bridgehead atoms. The molecule has 0 radical (unpaired) electrons. The van der Waals surface area contributed by atoms with Gasteiger partial charge in [0.05, 0.1) is 24.9 Å². The first-order valence-corrected chi connectivity index (χ1v) is 14.1. The second-order valence-corrected chi connectivity index (χ2v) is 13.3. The first-order valence-electron chi connectivity index (χ1n) is 11.6. The first-order chi connectivity index (χ1) is 14.3. The standard InChI is InChI=1S/C26H44O3Si/c1-7-11-20-26(6,27)25(29-30(8-2,9-3)10-4)18-17-23(5)19-21-28-22-24-15-13-12-14-16-24/h7,12-16,19,25,27H,1,8-11,17-18,20-22H2,2-6H3/b23-19+/t25-,26+/m1/s1. The Bertz CT molecular complexity index is 612. The highest BCUT2D eigenvalue weighted by atomic mass is 28.4. The largest absolute Gasteiger partial charge is 0.411 e. The molecule has 0 heterocycles.